The van der Waals surface area contributed by atoms with Crippen LogP contribution in [-0.4, -0.2) is 4.98 Å². The molecular weight excluding hydrogens is 317 g/mol. The molecule has 0 atom stereocenters. The summed E-state index contributed by atoms with van der Waals surface area (Å²) >= 11 is 0. The van der Waals surface area contributed by atoms with E-state index in [0.29, 0.717) is 18.8 Å². The van der Waals surface area contributed by atoms with Crippen LogP contribution in [0.15, 0.2) is 66.9 Å². The van der Waals surface area contributed by atoms with Gasteiger partial charge in [0.05, 0.1) is 16.9 Å². The number of nitrogens with one attached hydrogen (secondary N) is 1. The molecule has 0 saturated carbocycles. The van der Waals surface area contributed by atoms with Crippen molar-refractivity contribution in [1.82, 2.24) is 4.98 Å². The van der Waals surface area contributed by atoms with Crippen LogP contribution in [0, 0.1) is 17.1 Å². The maximum absolute atomic E-state index is 13.1. The minimum Gasteiger partial charge on any atom is -0.487 e. The third kappa shape index (κ3) is 4.55. The van der Waals surface area contributed by atoms with Gasteiger partial charge < -0.3 is 10.1 Å². The highest BCUT2D eigenvalue weighted by Gasteiger charge is 2.04. The molecule has 3 rings (SSSR count). The lowest BCUT2D eigenvalue weighted by Gasteiger charge is -2.10. The molecule has 5 heteroatoms. The van der Waals surface area contributed by atoms with Gasteiger partial charge in [-0.25, -0.2) is 4.39 Å². The summed E-state index contributed by atoms with van der Waals surface area (Å²) in [5.74, 6) is 0.338. The zero-order chi connectivity index (χ0) is 17.5. The third-order valence-electron chi connectivity index (χ3n) is 3.62. The molecule has 0 saturated heterocycles. The molecule has 1 N–H and O–H groups in total. The lowest BCUT2D eigenvalue weighted by molar-refractivity contribution is 0.301. The lowest BCUT2D eigenvalue weighted by atomic mass is 10.1. The lowest BCUT2D eigenvalue weighted by Crippen LogP contribution is -2.02. The molecule has 0 aliphatic carbocycles. The molecule has 2 aromatic carbocycles. The van der Waals surface area contributed by atoms with Crippen molar-refractivity contribution in [2.45, 2.75) is 13.2 Å². The minimum atomic E-state index is -0.420. The molecule has 1 aromatic heterocycles. The summed E-state index contributed by atoms with van der Waals surface area (Å²) in [6.07, 6.45) is 1.73. The number of aromatic nitrogens is 1. The molecule has 0 fully saturated rings. The van der Waals surface area contributed by atoms with Gasteiger partial charge in [0.2, 0.25) is 0 Å². The van der Waals surface area contributed by atoms with Gasteiger partial charge >= 0.3 is 0 Å². The van der Waals surface area contributed by atoms with Gasteiger partial charge in [-0.3, -0.25) is 4.98 Å². The highest BCUT2D eigenvalue weighted by Crippen LogP contribution is 2.18. The first-order chi connectivity index (χ1) is 12.2. The molecule has 0 unspecified atom stereocenters. The smallest absolute Gasteiger partial charge is 0.130 e. The highest BCUT2D eigenvalue weighted by atomic mass is 19.1. The number of nitriles is 1. The Kier molecular flexibility index (Phi) is 5.22. The van der Waals surface area contributed by atoms with Gasteiger partial charge in [0, 0.05) is 12.7 Å². The van der Waals surface area contributed by atoms with Gasteiger partial charge in [-0.1, -0.05) is 18.2 Å². The SMILES string of the molecule is N#Cc1cc(F)ccc1NCc1ccc(OCc2ccccn2)cc1. The number of benzene rings is 2. The first kappa shape index (κ1) is 16.5. The van der Waals surface area contributed by atoms with Crippen LogP contribution in [-0.2, 0) is 13.2 Å². The molecule has 25 heavy (non-hydrogen) atoms. The van der Waals surface area contributed by atoms with E-state index in [1.807, 2.05) is 48.5 Å². The van der Waals surface area contributed by atoms with Crippen LogP contribution in [0.25, 0.3) is 0 Å². The van der Waals surface area contributed by atoms with Crippen molar-refractivity contribution in [3.05, 3.63) is 89.5 Å². The summed E-state index contributed by atoms with van der Waals surface area (Å²) in [4.78, 5) is 4.21. The largest absolute Gasteiger partial charge is 0.487 e. The number of nitrogens with zero attached hydrogens (tertiary/aromatic N) is 2. The molecule has 4 nitrogen and oxygen atoms in total. The predicted octanol–water partition coefficient (Wildman–Crippen LogP) is 4.28. The zero-order valence-corrected chi connectivity index (χ0v) is 13.4. The monoisotopic (exact) mass is 333 g/mol. The van der Waals surface area contributed by atoms with Crippen molar-refractivity contribution in [1.29, 1.82) is 5.26 Å². The average molecular weight is 333 g/mol. The maximum Gasteiger partial charge on any atom is 0.130 e. The Balaban J connectivity index is 1.57. The fourth-order valence-corrected chi connectivity index (χ4v) is 2.30. The van der Waals surface area contributed by atoms with Crippen molar-refractivity contribution in [3.63, 3.8) is 0 Å². The van der Waals surface area contributed by atoms with E-state index < -0.39 is 5.82 Å². The molecule has 0 spiro atoms. The number of halogens is 1. The van der Waals surface area contributed by atoms with Crippen molar-refractivity contribution < 1.29 is 9.13 Å². The zero-order valence-electron chi connectivity index (χ0n) is 13.4. The summed E-state index contributed by atoms with van der Waals surface area (Å²) in [6.45, 7) is 0.945. The second-order valence-electron chi connectivity index (χ2n) is 5.41. The molecule has 0 aliphatic rings. The van der Waals surface area contributed by atoms with E-state index in [0.717, 1.165) is 17.0 Å². The molecule has 0 amide bonds. The van der Waals surface area contributed by atoms with E-state index in [2.05, 4.69) is 10.3 Å². The number of anilines is 1. The van der Waals surface area contributed by atoms with Crippen LogP contribution in [0.2, 0.25) is 0 Å². The summed E-state index contributed by atoms with van der Waals surface area (Å²) in [5, 5.41) is 12.2. The van der Waals surface area contributed by atoms with Crippen LogP contribution in [0.4, 0.5) is 10.1 Å². The van der Waals surface area contributed by atoms with E-state index >= 15 is 0 Å². The number of rotatable bonds is 6. The van der Waals surface area contributed by atoms with Crippen molar-refractivity contribution in [3.8, 4) is 11.8 Å². The molecule has 0 bridgehead atoms. The standard InChI is InChI=1S/C20H16FN3O/c21-17-6-9-20(16(11-17)12-22)24-13-15-4-7-19(8-5-15)25-14-18-3-1-2-10-23-18/h1-11,24H,13-14H2. The molecule has 0 radical (unpaired) electrons. The minimum absolute atomic E-state index is 0.287. The summed E-state index contributed by atoms with van der Waals surface area (Å²) in [6, 6.07) is 19.5. The Morgan fingerprint density at radius 1 is 1.08 bits per heavy atom. The first-order valence-corrected chi connectivity index (χ1v) is 7.80. The van der Waals surface area contributed by atoms with Gasteiger partial charge in [0.1, 0.15) is 24.2 Å². The molecule has 1 heterocycles. The first-order valence-electron chi connectivity index (χ1n) is 7.80. The van der Waals surface area contributed by atoms with E-state index in [9.17, 15) is 4.39 Å². The summed E-state index contributed by atoms with van der Waals surface area (Å²) in [7, 11) is 0. The van der Waals surface area contributed by atoms with E-state index in [1.54, 1.807) is 12.3 Å². The topological polar surface area (TPSA) is 57.9 Å². The van der Waals surface area contributed by atoms with Crippen molar-refractivity contribution in [2.75, 3.05) is 5.32 Å². The fraction of sp³-hybridized carbons (Fsp3) is 0.100. The Morgan fingerprint density at radius 3 is 2.64 bits per heavy atom. The molecule has 124 valence electrons. The molecule has 3 aromatic rings. The Labute approximate surface area is 145 Å². The summed E-state index contributed by atoms with van der Waals surface area (Å²) in [5.41, 5.74) is 2.79. The van der Waals surface area contributed by atoms with Crippen LogP contribution in [0.1, 0.15) is 16.8 Å². The quantitative estimate of drug-likeness (QED) is 0.731. The Bertz CT molecular complexity index is 874. The summed E-state index contributed by atoms with van der Waals surface area (Å²) < 4.78 is 18.8. The number of hydrogen-bond donors (Lipinski definition) is 1. The fourth-order valence-electron chi connectivity index (χ4n) is 2.30. The van der Waals surface area contributed by atoms with E-state index in [-0.39, 0.29) is 5.56 Å². The van der Waals surface area contributed by atoms with Crippen LogP contribution in [0.3, 0.4) is 0 Å². The number of hydrogen-bond acceptors (Lipinski definition) is 4. The Hall–Kier alpha value is -3.39. The third-order valence-corrected chi connectivity index (χ3v) is 3.62. The van der Waals surface area contributed by atoms with Gasteiger partial charge in [-0.05, 0) is 48.0 Å². The van der Waals surface area contributed by atoms with Crippen molar-refractivity contribution in [2.24, 2.45) is 0 Å². The van der Waals surface area contributed by atoms with Crippen molar-refractivity contribution >= 4 is 5.69 Å². The second-order valence-corrected chi connectivity index (χ2v) is 5.41. The normalized spacial score (nSPS) is 10.1. The van der Waals surface area contributed by atoms with Crippen LogP contribution in [0.5, 0.6) is 5.75 Å². The number of pyridine rings is 1. The predicted molar refractivity (Wildman–Crippen MR) is 93.5 cm³/mol. The van der Waals surface area contributed by atoms with E-state index in [4.69, 9.17) is 10.00 Å². The van der Waals surface area contributed by atoms with Gasteiger partial charge in [-0.2, -0.15) is 5.26 Å². The molecular formula is C20H16FN3O. The molecule has 0 aliphatic heterocycles. The maximum atomic E-state index is 13.1. The van der Waals surface area contributed by atoms with Gasteiger partial charge in [0.25, 0.3) is 0 Å². The second kappa shape index (κ2) is 7.93. The van der Waals surface area contributed by atoms with Crippen LogP contribution >= 0.6 is 0 Å². The number of ether oxygens (including phenoxy) is 1. The van der Waals surface area contributed by atoms with E-state index in [1.165, 1.54) is 12.1 Å². The average Bonchev–Trinajstić information content (AvgIpc) is 2.67. The Morgan fingerprint density at radius 2 is 1.92 bits per heavy atom. The highest BCUT2D eigenvalue weighted by molar-refractivity contribution is 5.57. The van der Waals surface area contributed by atoms with Gasteiger partial charge in [-0.15, -0.1) is 0 Å². The van der Waals surface area contributed by atoms with Gasteiger partial charge in [0.15, 0.2) is 0 Å². The van der Waals surface area contributed by atoms with Crippen LogP contribution < -0.4 is 10.1 Å².